The van der Waals surface area contributed by atoms with Crippen LogP contribution < -0.4 is 5.32 Å². The predicted molar refractivity (Wildman–Crippen MR) is 86.8 cm³/mol. The van der Waals surface area contributed by atoms with Gasteiger partial charge in [0.15, 0.2) is 0 Å². The first-order chi connectivity index (χ1) is 9.94. The average molecular weight is 301 g/mol. The number of rotatable bonds is 2. The van der Waals surface area contributed by atoms with Crippen molar-refractivity contribution in [2.24, 2.45) is 0 Å². The van der Waals surface area contributed by atoms with Crippen molar-refractivity contribution in [1.82, 2.24) is 14.4 Å². The van der Waals surface area contributed by atoms with Crippen LogP contribution in [0.25, 0.3) is 16.9 Å². The lowest BCUT2D eigenvalue weighted by atomic mass is 10.1. The smallest absolute Gasteiger partial charge is 0.139 e. The van der Waals surface area contributed by atoms with E-state index in [-0.39, 0.29) is 5.54 Å². The number of pyridine rings is 2. The molecule has 0 amide bonds. The summed E-state index contributed by atoms with van der Waals surface area (Å²) in [5, 5.41) is 4.19. The molecule has 1 N–H and O–H groups in total. The van der Waals surface area contributed by atoms with Gasteiger partial charge in [0.2, 0.25) is 0 Å². The SMILES string of the molecule is CC(C)(C)Nc1c(-c2cccnc2)nc2ccc(Cl)cn12. The summed E-state index contributed by atoms with van der Waals surface area (Å²) in [5.74, 6) is 0.924. The molecule has 0 bridgehead atoms. The minimum Gasteiger partial charge on any atom is -0.365 e. The highest BCUT2D eigenvalue weighted by atomic mass is 35.5. The van der Waals surface area contributed by atoms with Gasteiger partial charge in [0.1, 0.15) is 17.2 Å². The van der Waals surface area contributed by atoms with Gasteiger partial charge in [-0.2, -0.15) is 0 Å². The van der Waals surface area contributed by atoms with Crippen LogP contribution in [0, 0.1) is 0 Å². The Morgan fingerprint density at radius 1 is 1.19 bits per heavy atom. The van der Waals surface area contributed by atoms with Crippen molar-refractivity contribution in [1.29, 1.82) is 0 Å². The molecule has 4 nitrogen and oxygen atoms in total. The van der Waals surface area contributed by atoms with E-state index in [1.54, 1.807) is 6.20 Å². The second kappa shape index (κ2) is 5.04. The van der Waals surface area contributed by atoms with Gasteiger partial charge in [0.25, 0.3) is 0 Å². The number of imidazole rings is 1. The van der Waals surface area contributed by atoms with Gasteiger partial charge in [-0.3, -0.25) is 9.38 Å². The molecule has 0 aromatic carbocycles. The number of nitrogens with one attached hydrogen (secondary N) is 1. The fourth-order valence-electron chi connectivity index (χ4n) is 2.20. The Labute approximate surface area is 128 Å². The lowest BCUT2D eigenvalue weighted by molar-refractivity contribution is 0.629. The zero-order valence-corrected chi connectivity index (χ0v) is 13.0. The number of nitrogens with zero attached hydrogens (tertiary/aromatic N) is 3. The molecule has 0 aliphatic carbocycles. The quantitative estimate of drug-likeness (QED) is 0.769. The van der Waals surface area contributed by atoms with E-state index in [4.69, 9.17) is 16.6 Å². The number of hydrogen-bond donors (Lipinski definition) is 1. The van der Waals surface area contributed by atoms with Gasteiger partial charge in [-0.05, 0) is 45.0 Å². The maximum absolute atomic E-state index is 6.13. The monoisotopic (exact) mass is 300 g/mol. The van der Waals surface area contributed by atoms with Crippen molar-refractivity contribution < 1.29 is 0 Å². The molecule has 3 heterocycles. The van der Waals surface area contributed by atoms with Gasteiger partial charge in [-0.25, -0.2) is 4.98 Å². The van der Waals surface area contributed by atoms with E-state index in [0.717, 1.165) is 22.7 Å². The Bertz CT molecular complexity index is 772. The first-order valence-electron chi connectivity index (χ1n) is 6.80. The van der Waals surface area contributed by atoms with Crippen LogP contribution in [0.3, 0.4) is 0 Å². The molecule has 0 saturated carbocycles. The Balaban J connectivity index is 2.25. The van der Waals surface area contributed by atoms with Gasteiger partial charge in [0, 0.05) is 29.7 Å². The Morgan fingerprint density at radius 3 is 2.67 bits per heavy atom. The highest BCUT2D eigenvalue weighted by molar-refractivity contribution is 6.30. The van der Waals surface area contributed by atoms with E-state index in [1.165, 1.54) is 0 Å². The molecule has 3 aromatic rings. The van der Waals surface area contributed by atoms with E-state index in [0.29, 0.717) is 5.02 Å². The lowest BCUT2D eigenvalue weighted by Gasteiger charge is -2.22. The van der Waals surface area contributed by atoms with Crippen molar-refractivity contribution in [3.8, 4) is 11.3 Å². The molecule has 0 aliphatic rings. The molecule has 108 valence electrons. The van der Waals surface area contributed by atoms with Crippen LogP contribution in [-0.2, 0) is 0 Å². The third-order valence-corrected chi connectivity index (χ3v) is 3.23. The van der Waals surface area contributed by atoms with Gasteiger partial charge in [0.05, 0.1) is 5.02 Å². The summed E-state index contributed by atoms with van der Waals surface area (Å²) in [6.07, 6.45) is 5.45. The molecule has 0 fully saturated rings. The summed E-state index contributed by atoms with van der Waals surface area (Å²) in [5.41, 5.74) is 2.62. The first-order valence-corrected chi connectivity index (χ1v) is 7.18. The largest absolute Gasteiger partial charge is 0.365 e. The lowest BCUT2D eigenvalue weighted by Crippen LogP contribution is -2.27. The summed E-state index contributed by atoms with van der Waals surface area (Å²) < 4.78 is 1.98. The summed E-state index contributed by atoms with van der Waals surface area (Å²) in [4.78, 5) is 8.89. The van der Waals surface area contributed by atoms with Gasteiger partial charge < -0.3 is 5.32 Å². The average Bonchev–Trinajstić information content (AvgIpc) is 2.76. The van der Waals surface area contributed by atoms with Gasteiger partial charge in [-0.1, -0.05) is 11.6 Å². The van der Waals surface area contributed by atoms with Crippen LogP contribution in [0.1, 0.15) is 20.8 Å². The molecule has 5 heteroatoms. The first kappa shape index (κ1) is 13.9. The second-order valence-electron chi connectivity index (χ2n) is 6.00. The van der Waals surface area contributed by atoms with E-state index in [2.05, 4.69) is 31.1 Å². The molecule has 21 heavy (non-hydrogen) atoms. The third-order valence-electron chi connectivity index (χ3n) is 3.01. The van der Waals surface area contributed by atoms with E-state index in [9.17, 15) is 0 Å². The summed E-state index contributed by atoms with van der Waals surface area (Å²) >= 11 is 6.13. The van der Waals surface area contributed by atoms with Crippen molar-refractivity contribution >= 4 is 23.1 Å². The number of anilines is 1. The molecule has 0 atom stereocenters. The maximum atomic E-state index is 6.13. The van der Waals surface area contributed by atoms with Crippen molar-refractivity contribution in [3.63, 3.8) is 0 Å². The zero-order valence-electron chi connectivity index (χ0n) is 12.3. The highest BCUT2D eigenvalue weighted by Gasteiger charge is 2.19. The zero-order chi connectivity index (χ0) is 15.0. The molecule has 0 aliphatic heterocycles. The number of aromatic nitrogens is 3. The summed E-state index contributed by atoms with van der Waals surface area (Å²) in [6.45, 7) is 6.35. The number of fused-ring (bicyclic) bond motifs is 1. The van der Waals surface area contributed by atoms with E-state index < -0.39 is 0 Å². The summed E-state index contributed by atoms with van der Waals surface area (Å²) in [7, 11) is 0. The van der Waals surface area contributed by atoms with Crippen molar-refractivity contribution in [2.75, 3.05) is 5.32 Å². The minimum absolute atomic E-state index is 0.0881. The van der Waals surface area contributed by atoms with Gasteiger partial charge >= 0.3 is 0 Å². The Kier molecular flexibility index (Phi) is 3.33. The molecular formula is C16H17ClN4. The molecule has 0 spiro atoms. The molecule has 3 rings (SSSR count). The minimum atomic E-state index is -0.0881. The van der Waals surface area contributed by atoms with Gasteiger partial charge in [-0.15, -0.1) is 0 Å². The Morgan fingerprint density at radius 2 is 2.00 bits per heavy atom. The molecule has 0 radical (unpaired) electrons. The van der Waals surface area contributed by atoms with Crippen LogP contribution in [0.5, 0.6) is 0 Å². The Hall–Kier alpha value is -2.07. The van der Waals surface area contributed by atoms with Crippen LogP contribution >= 0.6 is 11.6 Å². The van der Waals surface area contributed by atoms with Crippen LogP contribution in [0.15, 0.2) is 42.9 Å². The third kappa shape index (κ3) is 2.85. The molecule has 0 unspecified atom stereocenters. The van der Waals surface area contributed by atoms with Crippen LogP contribution in [-0.4, -0.2) is 19.9 Å². The number of halogens is 1. The predicted octanol–water partition coefficient (Wildman–Crippen LogP) is 4.26. The van der Waals surface area contributed by atoms with Crippen molar-refractivity contribution in [3.05, 3.63) is 47.9 Å². The highest BCUT2D eigenvalue weighted by Crippen LogP contribution is 2.31. The van der Waals surface area contributed by atoms with Crippen LogP contribution in [0.2, 0.25) is 5.02 Å². The standard InChI is InChI=1S/C16H17ClN4/c1-16(2,3)20-15-14(11-5-4-8-18-9-11)19-13-7-6-12(17)10-21(13)15/h4-10,20H,1-3H3. The number of hydrogen-bond acceptors (Lipinski definition) is 3. The fraction of sp³-hybridized carbons (Fsp3) is 0.250. The molecule has 0 saturated heterocycles. The normalized spacial score (nSPS) is 11.8. The van der Waals surface area contributed by atoms with E-state index >= 15 is 0 Å². The fourth-order valence-corrected chi connectivity index (χ4v) is 2.36. The second-order valence-corrected chi connectivity index (χ2v) is 6.44. The summed E-state index contributed by atoms with van der Waals surface area (Å²) in [6, 6.07) is 7.67. The van der Waals surface area contributed by atoms with Crippen LogP contribution in [0.4, 0.5) is 5.82 Å². The topological polar surface area (TPSA) is 42.2 Å². The van der Waals surface area contributed by atoms with Crippen molar-refractivity contribution in [2.45, 2.75) is 26.3 Å². The van der Waals surface area contributed by atoms with E-state index in [1.807, 2.05) is 41.1 Å². The molecular weight excluding hydrogens is 284 g/mol. The maximum Gasteiger partial charge on any atom is 0.139 e. The molecule has 3 aromatic heterocycles.